The number of hydrogen-bond donors (Lipinski definition) is 0. The molecule has 1 aromatic carbocycles. The second-order valence-electron chi connectivity index (χ2n) is 4.56. The number of hydrogen-bond acceptors (Lipinski definition) is 3. The molecule has 3 nitrogen and oxygen atoms in total. The average Bonchev–Trinajstić information content (AvgIpc) is 2.39. The van der Waals surface area contributed by atoms with Crippen LogP contribution in [0.1, 0.15) is 25.7 Å². The van der Waals surface area contributed by atoms with Crippen molar-refractivity contribution < 1.29 is 12.8 Å². The molecule has 96 valence electrons. The summed E-state index contributed by atoms with van der Waals surface area (Å²) in [5.74, 6) is -0.914. The van der Waals surface area contributed by atoms with Gasteiger partial charge in [0.05, 0.1) is 22.1 Å². The van der Waals surface area contributed by atoms with Gasteiger partial charge in [-0.1, -0.05) is 12.8 Å². The van der Waals surface area contributed by atoms with Crippen LogP contribution in [0, 0.1) is 23.1 Å². The lowest BCUT2D eigenvalue weighted by molar-refractivity contribution is 0.418. The standard InChI is InChI=1S/C13H14FNO2S/c14-11-5-7-12(8-6-11)18(16,17)13-4-2-1-3-10(13)9-15/h5-8,10,13H,1-4H2. The van der Waals surface area contributed by atoms with E-state index in [9.17, 15) is 12.8 Å². The van der Waals surface area contributed by atoms with E-state index in [1.807, 2.05) is 0 Å². The molecule has 1 saturated carbocycles. The molecule has 1 aliphatic carbocycles. The summed E-state index contributed by atoms with van der Waals surface area (Å²) in [5.41, 5.74) is 0. The Morgan fingerprint density at radius 2 is 1.78 bits per heavy atom. The molecule has 2 unspecified atom stereocenters. The molecule has 0 bridgehead atoms. The Balaban J connectivity index is 2.35. The highest BCUT2D eigenvalue weighted by atomic mass is 32.2. The summed E-state index contributed by atoms with van der Waals surface area (Å²) in [4.78, 5) is 0.107. The maximum absolute atomic E-state index is 12.8. The van der Waals surface area contributed by atoms with Crippen LogP contribution in [-0.4, -0.2) is 13.7 Å². The zero-order chi connectivity index (χ0) is 13.2. The van der Waals surface area contributed by atoms with Gasteiger partial charge in [0.15, 0.2) is 9.84 Å². The lowest BCUT2D eigenvalue weighted by Gasteiger charge is -2.26. The van der Waals surface area contributed by atoms with E-state index in [1.165, 1.54) is 12.1 Å². The van der Waals surface area contributed by atoms with Crippen molar-refractivity contribution in [3.63, 3.8) is 0 Å². The van der Waals surface area contributed by atoms with Gasteiger partial charge in [0.1, 0.15) is 5.82 Å². The first-order chi connectivity index (χ1) is 8.55. The molecule has 18 heavy (non-hydrogen) atoms. The average molecular weight is 267 g/mol. The molecule has 0 amide bonds. The summed E-state index contributed by atoms with van der Waals surface area (Å²) in [6.07, 6.45) is 2.86. The number of halogens is 1. The highest BCUT2D eigenvalue weighted by Crippen LogP contribution is 2.32. The molecular weight excluding hydrogens is 253 g/mol. The molecule has 2 rings (SSSR count). The highest BCUT2D eigenvalue weighted by molar-refractivity contribution is 7.92. The van der Waals surface area contributed by atoms with Gasteiger partial charge in [-0.3, -0.25) is 0 Å². The minimum absolute atomic E-state index is 0.107. The van der Waals surface area contributed by atoms with Crippen LogP contribution < -0.4 is 0 Å². The van der Waals surface area contributed by atoms with E-state index in [-0.39, 0.29) is 4.90 Å². The van der Waals surface area contributed by atoms with E-state index in [2.05, 4.69) is 6.07 Å². The van der Waals surface area contributed by atoms with Crippen molar-refractivity contribution in [1.29, 1.82) is 5.26 Å². The molecule has 1 aliphatic rings. The van der Waals surface area contributed by atoms with Gasteiger partial charge in [-0.2, -0.15) is 5.26 Å². The molecule has 2 atom stereocenters. The Kier molecular flexibility index (Phi) is 3.67. The van der Waals surface area contributed by atoms with Gasteiger partial charge in [-0.15, -0.1) is 0 Å². The van der Waals surface area contributed by atoms with Crippen LogP contribution in [0.3, 0.4) is 0 Å². The zero-order valence-corrected chi connectivity index (χ0v) is 10.7. The fourth-order valence-corrected chi connectivity index (χ4v) is 4.39. The summed E-state index contributed by atoms with van der Waals surface area (Å²) >= 11 is 0. The monoisotopic (exact) mass is 267 g/mol. The Hall–Kier alpha value is -1.41. The maximum Gasteiger partial charge on any atom is 0.182 e. The van der Waals surface area contributed by atoms with E-state index in [0.717, 1.165) is 25.0 Å². The zero-order valence-electron chi connectivity index (χ0n) is 9.84. The third-order valence-corrected chi connectivity index (χ3v) is 5.70. The fraction of sp³-hybridized carbons (Fsp3) is 0.462. The van der Waals surface area contributed by atoms with E-state index in [1.54, 1.807) is 0 Å². The maximum atomic E-state index is 12.8. The summed E-state index contributed by atoms with van der Waals surface area (Å²) in [6, 6.07) is 6.90. The van der Waals surface area contributed by atoms with Gasteiger partial charge in [0, 0.05) is 0 Å². The third kappa shape index (κ3) is 2.39. The quantitative estimate of drug-likeness (QED) is 0.774. The SMILES string of the molecule is N#CC1CCCCC1S(=O)(=O)c1ccc(F)cc1. The predicted octanol–water partition coefficient (Wildman–Crippen LogP) is 2.68. The van der Waals surface area contributed by atoms with Crippen LogP contribution in [0.25, 0.3) is 0 Å². The van der Waals surface area contributed by atoms with Crippen molar-refractivity contribution in [2.24, 2.45) is 5.92 Å². The number of nitrogens with zero attached hydrogens (tertiary/aromatic N) is 1. The second kappa shape index (κ2) is 5.07. The van der Waals surface area contributed by atoms with Crippen LogP contribution >= 0.6 is 0 Å². The molecule has 0 saturated heterocycles. The van der Waals surface area contributed by atoms with E-state index < -0.39 is 26.8 Å². The first-order valence-corrected chi connectivity index (χ1v) is 7.49. The van der Waals surface area contributed by atoms with Gasteiger partial charge in [0.25, 0.3) is 0 Å². The minimum Gasteiger partial charge on any atom is -0.223 e. The summed E-state index contributed by atoms with van der Waals surface area (Å²) in [6.45, 7) is 0. The van der Waals surface area contributed by atoms with Crippen molar-refractivity contribution in [2.45, 2.75) is 35.8 Å². The Labute approximate surface area is 106 Å². The van der Waals surface area contributed by atoms with Crippen LogP contribution in [0.15, 0.2) is 29.2 Å². The smallest absolute Gasteiger partial charge is 0.182 e. The first kappa shape index (κ1) is 13.0. The predicted molar refractivity (Wildman–Crippen MR) is 64.9 cm³/mol. The van der Waals surface area contributed by atoms with Crippen LogP contribution in [0.2, 0.25) is 0 Å². The molecule has 1 fully saturated rings. The van der Waals surface area contributed by atoms with Crippen molar-refractivity contribution in [3.8, 4) is 6.07 Å². The van der Waals surface area contributed by atoms with Crippen molar-refractivity contribution >= 4 is 9.84 Å². The lowest BCUT2D eigenvalue weighted by atomic mass is 9.90. The minimum atomic E-state index is -3.53. The molecule has 0 N–H and O–H groups in total. The van der Waals surface area contributed by atoms with E-state index >= 15 is 0 Å². The van der Waals surface area contributed by atoms with Crippen molar-refractivity contribution in [2.75, 3.05) is 0 Å². The van der Waals surface area contributed by atoms with E-state index in [4.69, 9.17) is 5.26 Å². The number of sulfone groups is 1. The van der Waals surface area contributed by atoms with Crippen LogP contribution in [0.5, 0.6) is 0 Å². The van der Waals surface area contributed by atoms with Gasteiger partial charge in [0.2, 0.25) is 0 Å². The first-order valence-electron chi connectivity index (χ1n) is 5.95. The topological polar surface area (TPSA) is 57.9 Å². The van der Waals surface area contributed by atoms with Crippen LogP contribution in [-0.2, 0) is 9.84 Å². The fourth-order valence-electron chi connectivity index (χ4n) is 2.42. The largest absolute Gasteiger partial charge is 0.223 e. The number of rotatable bonds is 2. The summed E-state index contributed by atoms with van der Waals surface area (Å²) < 4.78 is 37.6. The van der Waals surface area contributed by atoms with Gasteiger partial charge >= 0.3 is 0 Å². The molecule has 5 heteroatoms. The molecular formula is C13H14FNO2S. The van der Waals surface area contributed by atoms with Gasteiger partial charge < -0.3 is 0 Å². The van der Waals surface area contributed by atoms with Crippen LogP contribution in [0.4, 0.5) is 4.39 Å². The number of nitriles is 1. The van der Waals surface area contributed by atoms with Crippen molar-refractivity contribution in [1.82, 2.24) is 0 Å². The van der Waals surface area contributed by atoms with Gasteiger partial charge in [-0.05, 0) is 37.1 Å². The molecule has 0 spiro atoms. The molecule has 1 aromatic rings. The Morgan fingerprint density at radius 3 is 2.39 bits per heavy atom. The molecule has 0 aliphatic heterocycles. The normalized spacial score (nSPS) is 24.4. The molecule has 0 heterocycles. The van der Waals surface area contributed by atoms with Gasteiger partial charge in [-0.25, -0.2) is 12.8 Å². The second-order valence-corrected chi connectivity index (χ2v) is 6.72. The molecule has 0 radical (unpaired) electrons. The Bertz CT molecular complexity index is 560. The lowest BCUT2D eigenvalue weighted by Crippen LogP contribution is -2.32. The highest BCUT2D eigenvalue weighted by Gasteiger charge is 2.36. The van der Waals surface area contributed by atoms with E-state index in [0.29, 0.717) is 12.8 Å². The summed E-state index contributed by atoms with van der Waals surface area (Å²) in [7, 11) is -3.53. The Morgan fingerprint density at radius 1 is 1.17 bits per heavy atom. The number of benzene rings is 1. The molecule has 0 aromatic heterocycles. The summed E-state index contributed by atoms with van der Waals surface area (Å²) in [5, 5.41) is 8.39. The third-order valence-electron chi connectivity index (χ3n) is 3.41. The van der Waals surface area contributed by atoms with Crippen molar-refractivity contribution in [3.05, 3.63) is 30.1 Å².